The number of nitrogens with one attached hydrogen (secondary N) is 2. The number of amides is 2. The Morgan fingerprint density at radius 2 is 1.92 bits per heavy atom. The van der Waals surface area contributed by atoms with Gasteiger partial charge < -0.3 is 10.1 Å². The summed E-state index contributed by atoms with van der Waals surface area (Å²) >= 11 is 11.8. The van der Waals surface area contributed by atoms with Crippen LogP contribution in [0.5, 0.6) is 0 Å². The fraction of sp³-hybridized carbons (Fsp3) is 0.222. The molecule has 0 spiro atoms. The van der Waals surface area contributed by atoms with Gasteiger partial charge in [0.05, 0.1) is 17.7 Å². The molecule has 0 aromatic heterocycles. The number of carbonyl (C=O) groups is 2. The van der Waals surface area contributed by atoms with Gasteiger partial charge in [-0.05, 0) is 49.7 Å². The van der Waals surface area contributed by atoms with E-state index in [9.17, 15) is 14.0 Å². The first-order valence-electron chi connectivity index (χ1n) is 7.81. The van der Waals surface area contributed by atoms with Gasteiger partial charge in [0.25, 0.3) is 5.91 Å². The second-order valence-corrected chi connectivity index (χ2v) is 6.22. The van der Waals surface area contributed by atoms with Crippen LogP contribution >= 0.6 is 23.2 Å². The molecule has 0 fully saturated rings. The zero-order valence-corrected chi connectivity index (χ0v) is 15.6. The quantitative estimate of drug-likeness (QED) is 0.680. The average Bonchev–Trinajstić information content (AvgIpc) is 2.58. The third-order valence-electron chi connectivity index (χ3n) is 3.50. The molecule has 138 valence electrons. The summed E-state index contributed by atoms with van der Waals surface area (Å²) in [6.07, 6.45) is -0.609. The second kappa shape index (κ2) is 8.87. The van der Waals surface area contributed by atoms with Crippen LogP contribution in [0, 0.1) is 5.82 Å². The molecule has 2 amide bonds. The van der Waals surface area contributed by atoms with Gasteiger partial charge in [0.1, 0.15) is 5.82 Å². The molecule has 2 aromatic carbocycles. The van der Waals surface area contributed by atoms with Crippen LogP contribution in [0.4, 0.5) is 14.9 Å². The minimum atomic E-state index is -0.618. The summed E-state index contributed by atoms with van der Waals surface area (Å²) in [6.45, 7) is 3.60. The van der Waals surface area contributed by atoms with Crippen molar-refractivity contribution in [2.75, 3.05) is 11.9 Å². The fourth-order valence-electron chi connectivity index (χ4n) is 2.25. The van der Waals surface area contributed by atoms with Crippen LogP contribution in [0.2, 0.25) is 10.0 Å². The Hall–Kier alpha value is -2.31. The Balaban J connectivity index is 2.12. The molecule has 0 radical (unpaired) electrons. The highest BCUT2D eigenvalue weighted by atomic mass is 35.5. The first-order valence-corrected chi connectivity index (χ1v) is 8.56. The van der Waals surface area contributed by atoms with Gasteiger partial charge in [-0.2, -0.15) is 0 Å². The number of halogens is 3. The van der Waals surface area contributed by atoms with Crippen molar-refractivity contribution >= 4 is 40.9 Å². The molecule has 26 heavy (non-hydrogen) atoms. The van der Waals surface area contributed by atoms with E-state index in [1.54, 1.807) is 32.0 Å². The van der Waals surface area contributed by atoms with Crippen LogP contribution in [-0.4, -0.2) is 18.6 Å². The molecule has 2 aromatic rings. The number of rotatable bonds is 5. The molecule has 8 heteroatoms. The SMILES string of the molecule is CCOC(=O)Nc1cccc(C(=O)N[C@@H](C)c2cc(F)c(Cl)cc2Cl)c1. The average molecular weight is 399 g/mol. The maximum Gasteiger partial charge on any atom is 0.411 e. The van der Waals surface area contributed by atoms with E-state index in [1.165, 1.54) is 18.2 Å². The first-order chi connectivity index (χ1) is 12.3. The molecule has 0 bridgehead atoms. The highest BCUT2D eigenvalue weighted by molar-refractivity contribution is 6.35. The summed E-state index contributed by atoms with van der Waals surface area (Å²) in [7, 11) is 0. The lowest BCUT2D eigenvalue weighted by atomic mass is 10.1. The lowest BCUT2D eigenvalue weighted by molar-refractivity contribution is 0.0939. The number of carbonyl (C=O) groups excluding carboxylic acids is 2. The molecule has 0 unspecified atom stereocenters. The Morgan fingerprint density at radius 1 is 1.19 bits per heavy atom. The molecule has 2 N–H and O–H groups in total. The van der Waals surface area contributed by atoms with Gasteiger partial charge in [0, 0.05) is 16.3 Å². The van der Waals surface area contributed by atoms with Gasteiger partial charge in [0.2, 0.25) is 0 Å². The van der Waals surface area contributed by atoms with E-state index < -0.39 is 23.9 Å². The topological polar surface area (TPSA) is 67.4 Å². The van der Waals surface area contributed by atoms with E-state index in [0.29, 0.717) is 16.8 Å². The van der Waals surface area contributed by atoms with Gasteiger partial charge >= 0.3 is 6.09 Å². The zero-order chi connectivity index (χ0) is 19.3. The smallest absolute Gasteiger partial charge is 0.411 e. The van der Waals surface area contributed by atoms with Gasteiger partial charge in [-0.1, -0.05) is 29.3 Å². The molecular weight excluding hydrogens is 382 g/mol. The predicted octanol–water partition coefficient (Wildman–Crippen LogP) is 5.19. The summed E-state index contributed by atoms with van der Waals surface area (Å²) in [6, 6.07) is 8.27. The van der Waals surface area contributed by atoms with Gasteiger partial charge in [-0.3, -0.25) is 10.1 Å². The van der Waals surface area contributed by atoms with E-state index in [2.05, 4.69) is 10.6 Å². The molecule has 0 aliphatic carbocycles. The number of anilines is 1. The number of hydrogen-bond donors (Lipinski definition) is 2. The Kier molecular flexibility index (Phi) is 6.83. The largest absolute Gasteiger partial charge is 0.450 e. The zero-order valence-electron chi connectivity index (χ0n) is 14.1. The maximum atomic E-state index is 13.7. The number of ether oxygens (including phenoxy) is 1. The van der Waals surface area contributed by atoms with Crippen LogP contribution < -0.4 is 10.6 Å². The highest BCUT2D eigenvalue weighted by Gasteiger charge is 2.17. The number of hydrogen-bond acceptors (Lipinski definition) is 3. The van der Waals surface area contributed by atoms with Crippen LogP contribution in [-0.2, 0) is 4.74 Å². The second-order valence-electron chi connectivity index (χ2n) is 5.41. The van der Waals surface area contributed by atoms with E-state index in [0.717, 1.165) is 0 Å². The van der Waals surface area contributed by atoms with Crippen molar-refractivity contribution < 1.29 is 18.7 Å². The summed E-state index contributed by atoms with van der Waals surface area (Å²) in [4.78, 5) is 23.9. The predicted molar refractivity (Wildman–Crippen MR) is 99.4 cm³/mol. The third-order valence-corrected chi connectivity index (χ3v) is 4.12. The summed E-state index contributed by atoms with van der Waals surface area (Å²) < 4.78 is 18.5. The monoisotopic (exact) mass is 398 g/mol. The van der Waals surface area contributed by atoms with Crippen molar-refractivity contribution in [1.29, 1.82) is 0 Å². The molecule has 0 heterocycles. The lowest BCUT2D eigenvalue weighted by Gasteiger charge is -2.17. The minimum Gasteiger partial charge on any atom is -0.450 e. The molecule has 0 saturated carbocycles. The molecule has 0 saturated heterocycles. The Morgan fingerprint density at radius 3 is 2.62 bits per heavy atom. The maximum absolute atomic E-state index is 13.7. The van der Waals surface area contributed by atoms with E-state index in [1.807, 2.05) is 0 Å². The molecule has 0 aliphatic heterocycles. The van der Waals surface area contributed by atoms with Crippen molar-refractivity contribution in [3.63, 3.8) is 0 Å². The molecule has 1 atom stereocenters. The van der Waals surface area contributed by atoms with Crippen molar-refractivity contribution in [3.8, 4) is 0 Å². The summed E-state index contributed by atoms with van der Waals surface area (Å²) in [5.74, 6) is -1.02. The molecular formula is C18H17Cl2FN2O3. The van der Waals surface area contributed by atoms with Gasteiger partial charge in [-0.15, -0.1) is 0 Å². The summed E-state index contributed by atoms with van der Waals surface area (Å²) in [5, 5.41) is 5.41. The van der Waals surface area contributed by atoms with Crippen molar-refractivity contribution in [1.82, 2.24) is 5.32 Å². The van der Waals surface area contributed by atoms with Crippen LogP contribution in [0.25, 0.3) is 0 Å². The molecule has 0 aliphatic rings. The highest BCUT2D eigenvalue weighted by Crippen LogP contribution is 2.28. The molecule has 2 rings (SSSR count). The standard InChI is InChI=1S/C18H17Cl2FN2O3/c1-3-26-18(25)23-12-6-4-5-11(7-12)17(24)22-10(2)13-8-16(21)15(20)9-14(13)19/h4-10H,3H2,1-2H3,(H,22,24)(H,23,25)/t10-/m0/s1. The van der Waals surface area contributed by atoms with Crippen molar-refractivity contribution in [2.45, 2.75) is 19.9 Å². The fourth-order valence-corrected chi connectivity index (χ4v) is 2.80. The van der Waals surface area contributed by atoms with Crippen LogP contribution in [0.1, 0.15) is 35.8 Å². The van der Waals surface area contributed by atoms with Crippen LogP contribution in [0.15, 0.2) is 36.4 Å². The third kappa shape index (κ3) is 5.09. The first kappa shape index (κ1) is 20.0. The normalized spacial score (nSPS) is 11.6. The summed E-state index contributed by atoms with van der Waals surface area (Å²) in [5.41, 5.74) is 1.14. The molecule has 5 nitrogen and oxygen atoms in total. The Bertz CT molecular complexity index is 830. The Labute approximate surface area is 160 Å². The minimum absolute atomic E-state index is 0.0879. The van der Waals surface area contributed by atoms with Crippen molar-refractivity contribution in [3.05, 3.63) is 63.4 Å². The van der Waals surface area contributed by atoms with Gasteiger partial charge in [0.15, 0.2) is 0 Å². The van der Waals surface area contributed by atoms with Crippen LogP contribution in [0.3, 0.4) is 0 Å². The van der Waals surface area contributed by atoms with Crippen molar-refractivity contribution in [2.24, 2.45) is 0 Å². The van der Waals surface area contributed by atoms with E-state index >= 15 is 0 Å². The van der Waals surface area contributed by atoms with E-state index in [-0.39, 0.29) is 16.7 Å². The van der Waals surface area contributed by atoms with E-state index in [4.69, 9.17) is 27.9 Å². The lowest BCUT2D eigenvalue weighted by Crippen LogP contribution is -2.27. The van der Waals surface area contributed by atoms with Gasteiger partial charge in [-0.25, -0.2) is 9.18 Å². The number of benzene rings is 2.